The molecular weight excluding hydrogens is 453 g/mol. The molecular formula is C27H29F3N4O. The van der Waals surface area contributed by atoms with Gasteiger partial charge in [0.05, 0.1) is 17.8 Å². The number of amides is 2. The van der Waals surface area contributed by atoms with E-state index < -0.39 is 17.8 Å². The van der Waals surface area contributed by atoms with Crippen LogP contribution in [0.15, 0.2) is 72.8 Å². The summed E-state index contributed by atoms with van der Waals surface area (Å²) in [4.78, 5) is 21.9. The normalized spacial score (nSPS) is 15.1. The van der Waals surface area contributed by atoms with Gasteiger partial charge in [0, 0.05) is 37.1 Å². The van der Waals surface area contributed by atoms with Crippen LogP contribution in [0, 0.1) is 6.92 Å². The van der Waals surface area contributed by atoms with Crippen LogP contribution in [0.5, 0.6) is 0 Å². The Bertz CT molecular complexity index is 1130. The molecule has 1 N–H and O–H groups in total. The number of urea groups is 1. The summed E-state index contributed by atoms with van der Waals surface area (Å²) in [6.07, 6.45) is -2.93. The molecule has 2 heterocycles. The standard InChI is InChI=1S/C27H29F3N4O/c1-20-7-5-12-24(31-20)19-34(26(35)32-23-11-6-10-22(17-23)27(28,29)30)25-13-15-33(16-14-25)18-21-8-3-2-4-9-21/h2-12,17,25H,13-16,18-19H2,1H3,(H,32,35). The quantitative estimate of drug-likeness (QED) is 0.461. The van der Waals surface area contributed by atoms with Gasteiger partial charge in [0.15, 0.2) is 0 Å². The number of carbonyl (C=O) groups excluding carboxylic acids is 1. The van der Waals surface area contributed by atoms with E-state index in [2.05, 4.69) is 27.3 Å². The summed E-state index contributed by atoms with van der Waals surface area (Å²) in [5, 5.41) is 2.68. The van der Waals surface area contributed by atoms with Crippen molar-refractivity contribution in [2.75, 3.05) is 18.4 Å². The van der Waals surface area contributed by atoms with Crippen molar-refractivity contribution in [3.8, 4) is 0 Å². The van der Waals surface area contributed by atoms with Crippen LogP contribution in [0.4, 0.5) is 23.7 Å². The number of hydrogen-bond acceptors (Lipinski definition) is 3. The second-order valence-corrected chi connectivity index (χ2v) is 8.90. The number of carbonyl (C=O) groups is 1. The predicted molar refractivity (Wildman–Crippen MR) is 130 cm³/mol. The molecule has 0 saturated carbocycles. The summed E-state index contributed by atoms with van der Waals surface area (Å²) < 4.78 is 39.4. The van der Waals surface area contributed by atoms with Crippen molar-refractivity contribution in [1.29, 1.82) is 0 Å². The molecule has 3 aromatic rings. The molecule has 1 aliphatic heterocycles. The Morgan fingerprint density at radius 3 is 2.43 bits per heavy atom. The van der Waals surface area contributed by atoms with Gasteiger partial charge in [-0.05, 0) is 55.7 Å². The molecule has 8 heteroatoms. The summed E-state index contributed by atoms with van der Waals surface area (Å²) >= 11 is 0. The van der Waals surface area contributed by atoms with Crippen LogP contribution in [-0.2, 0) is 19.3 Å². The van der Waals surface area contributed by atoms with Crippen molar-refractivity contribution in [3.05, 3.63) is 95.3 Å². The highest BCUT2D eigenvalue weighted by atomic mass is 19.4. The minimum atomic E-state index is -4.47. The smallest absolute Gasteiger partial charge is 0.316 e. The molecule has 4 rings (SSSR count). The topological polar surface area (TPSA) is 48.5 Å². The Labute approximate surface area is 203 Å². The molecule has 0 atom stereocenters. The van der Waals surface area contributed by atoms with Gasteiger partial charge in [0.25, 0.3) is 0 Å². The third-order valence-corrected chi connectivity index (χ3v) is 6.23. The Morgan fingerprint density at radius 1 is 1.03 bits per heavy atom. The Balaban J connectivity index is 1.48. The number of nitrogens with one attached hydrogen (secondary N) is 1. The highest BCUT2D eigenvalue weighted by Crippen LogP contribution is 2.31. The third-order valence-electron chi connectivity index (χ3n) is 6.23. The molecule has 1 saturated heterocycles. The van der Waals surface area contributed by atoms with Crippen molar-refractivity contribution < 1.29 is 18.0 Å². The number of hydrogen-bond donors (Lipinski definition) is 1. The number of alkyl halides is 3. The van der Waals surface area contributed by atoms with Crippen LogP contribution in [0.25, 0.3) is 0 Å². The molecule has 5 nitrogen and oxygen atoms in total. The van der Waals surface area contributed by atoms with Gasteiger partial charge in [-0.3, -0.25) is 9.88 Å². The van der Waals surface area contributed by atoms with E-state index in [-0.39, 0.29) is 18.3 Å². The Hall–Kier alpha value is -3.39. The fourth-order valence-electron chi connectivity index (χ4n) is 4.43. The van der Waals surface area contributed by atoms with Gasteiger partial charge in [-0.15, -0.1) is 0 Å². The molecule has 0 unspecified atom stereocenters. The Morgan fingerprint density at radius 2 is 1.74 bits per heavy atom. The number of halogens is 3. The number of aryl methyl sites for hydroxylation is 1. The van der Waals surface area contributed by atoms with Gasteiger partial charge < -0.3 is 10.2 Å². The maximum atomic E-state index is 13.3. The summed E-state index contributed by atoms with van der Waals surface area (Å²) in [6.45, 7) is 4.68. The van der Waals surface area contributed by atoms with Crippen LogP contribution in [-0.4, -0.2) is 39.9 Å². The fraction of sp³-hybridized carbons (Fsp3) is 0.333. The average molecular weight is 483 g/mol. The van der Waals surface area contributed by atoms with Gasteiger partial charge in [0.2, 0.25) is 0 Å². The highest BCUT2D eigenvalue weighted by molar-refractivity contribution is 5.89. The minimum Gasteiger partial charge on any atom is -0.316 e. The molecule has 2 aromatic carbocycles. The lowest BCUT2D eigenvalue weighted by atomic mass is 10.0. The van der Waals surface area contributed by atoms with Crippen LogP contribution in [0.3, 0.4) is 0 Å². The van der Waals surface area contributed by atoms with E-state index in [4.69, 9.17) is 0 Å². The highest BCUT2D eigenvalue weighted by Gasteiger charge is 2.32. The van der Waals surface area contributed by atoms with Gasteiger partial charge >= 0.3 is 12.2 Å². The van der Waals surface area contributed by atoms with E-state index in [9.17, 15) is 18.0 Å². The molecule has 35 heavy (non-hydrogen) atoms. The lowest BCUT2D eigenvalue weighted by Crippen LogP contribution is -2.48. The third kappa shape index (κ3) is 6.82. The van der Waals surface area contributed by atoms with E-state index in [1.165, 1.54) is 17.7 Å². The molecule has 184 valence electrons. The molecule has 1 aromatic heterocycles. The number of likely N-dealkylation sites (tertiary alicyclic amines) is 1. The monoisotopic (exact) mass is 482 g/mol. The zero-order valence-electron chi connectivity index (χ0n) is 19.6. The zero-order valence-corrected chi connectivity index (χ0v) is 19.6. The first-order valence-electron chi connectivity index (χ1n) is 11.7. The van der Waals surface area contributed by atoms with Gasteiger partial charge in [-0.1, -0.05) is 42.5 Å². The number of benzene rings is 2. The lowest BCUT2D eigenvalue weighted by molar-refractivity contribution is -0.137. The maximum absolute atomic E-state index is 13.3. The molecule has 1 aliphatic rings. The summed E-state index contributed by atoms with van der Waals surface area (Å²) in [7, 11) is 0. The van der Waals surface area contributed by atoms with E-state index in [0.29, 0.717) is 0 Å². The second-order valence-electron chi connectivity index (χ2n) is 8.90. The summed E-state index contributed by atoms with van der Waals surface area (Å²) in [5.74, 6) is 0. The summed E-state index contributed by atoms with van der Waals surface area (Å²) in [5.41, 5.74) is 2.16. The maximum Gasteiger partial charge on any atom is 0.416 e. The number of piperidine rings is 1. The molecule has 0 radical (unpaired) electrons. The Kier molecular flexibility index (Phi) is 7.70. The van der Waals surface area contributed by atoms with E-state index in [0.717, 1.165) is 56.0 Å². The van der Waals surface area contributed by atoms with Crippen molar-refractivity contribution in [2.45, 2.75) is 45.1 Å². The number of anilines is 1. The fourth-order valence-corrected chi connectivity index (χ4v) is 4.43. The van der Waals surface area contributed by atoms with Crippen molar-refractivity contribution >= 4 is 11.7 Å². The van der Waals surface area contributed by atoms with E-state index >= 15 is 0 Å². The van der Waals surface area contributed by atoms with Crippen molar-refractivity contribution in [1.82, 2.24) is 14.8 Å². The molecule has 0 spiro atoms. The van der Waals surface area contributed by atoms with Gasteiger partial charge in [-0.2, -0.15) is 13.2 Å². The molecule has 1 fully saturated rings. The zero-order chi connectivity index (χ0) is 24.8. The van der Waals surface area contributed by atoms with Crippen LogP contribution in [0.2, 0.25) is 0 Å². The SMILES string of the molecule is Cc1cccc(CN(C(=O)Nc2cccc(C(F)(F)F)c2)C2CCN(Cc3ccccc3)CC2)n1. The predicted octanol–water partition coefficient (Wildman–Crippen LogP) is 6.11. The number of rotatable bonds is 6. The molecule has 0 aliphatic carbocycles. The lowest BCUT2D eigenvalue weighted by Gasteiger charge is -2.38. The largest absolute Gasteiger partial charge is 0.416 e. The minimum absolute atomic E-state index is 0.0462. The first-order valence-corrected chi connectivity index (χ1v) is 11.7. The van der Waals surface area contributed by atoms with Crippen LogP contribution in [0.1, 0.15) is 35.4 Å². The number of nitrogens with zero attached hydrogens (tertiary/aromatic N) is 3. The van der Waals surface area contributed by atoms with Gasteiger partial charge in [0.1, 0.15) is 0 Å². The first-order chi connectivity index (χ1) is 16.8. The van der Waals surface area contributed by atoms with Crippen molar-refractivity contribution in [3.63, 3.8) is 0 Å². The van der Waals surface area contributed by atoms with Crippen LogP contribution < -0.4 is 5.32 Å². The second kappa shape index (κ2) is 10.9. The first kappa shape index (κ1) is 24.7. The number of pyridine rings is 1. The summed E-state index contributed by atoms with van der Waals surface area (Å²) in [6, 6.07) is 20.1. The van der Waals surface area contributed by atoms with Gasteiger partial charge in [-0.25, -0.2) is 4.79 Å². The molecule has 0 bridgehead atoms. The average Bonchev–Trinajstić information content (AvgIpc) is 2.83. The number of aromatic nitrogens is 1. The van der Waals surface area contributed by atoms with Crippen LogP contribution >= 0.6 is 0 Å². The molecule has 2 amide bonds. The van der Waals surface area contributed by atoms with E-state index in [1.807, 2.05) is 43.3 Å². The van der Waals surface area contributed by atoms with E-state index in [1.54, 1.807) is 4.90 Å². The van der Waals surface area contributed by atoms with Crippen molar-refractivity contribution in [2.24, 2.45) is 0 Å².